The molecule has 8 heteroatoms. The number of halogens is 1. The second kappa shape index (κ2) is 7.88. The van der Waals surface area contributed by atoms with Gasteiger partial charge in [-0.2, -0.15) is 5.26 Å². The maximum absolute atomic E-state index is 13.2. The van der Waals surface area contributed by atoms with Gasteiger partial charge in [0.2, 0.25) is 5.91 Å². The predicted molar refractivity (Wildman–Crippen MR) is 114 cm³/mol. The summed E-state index contributed by atoms with van der Waals surface area (Å²) in [5.74, 6) is 0.531. The number of nitriles is 1. The van der Waals surface area contributed by atoms with Crippen LogP contribution in [0.3, 0.4) is 0 Å². The molecule has 1 saturated heterocycles. The highest BCUT2D eigenvalue weighted by molar-refractivity contribution is 8.03. The first kappa shape index (κ1) is 20.6. The third kappa shape index (κ3) is 3.21. The number of hydrogen-bond acceptors (Lipinski definition) is 6. The number of carbonyl (C=O) groups excluding carboxylic acids is 1. The van der Waals surface area contributed by atoms with Gasteiger partial charge in [-0.3, -0.25) is 9.69 Å². The standard InChI is InChI=1S/C22H19ClN2O4S/c1-28-18-7-6-14(9-19(18)29-2)22(27)12-30-21-17(11-24)16(10-20(26)25(21)22)13-4-3-5-15(23)8-13/h3-9,16,27H,10,12H2,1-2H3/t16-,22-/m1/s1. The van der Waals surface area contributed by atoms with Gasteiger partial charge >= 0.3 is 0 Å². The molecular weight excluding hydrogens is 424 g/mol. The lowest BCUT2D eigenvalue weighted by Crippen LogP contribution is -2.48. The highest BCUT2D eigenvalue weighted by atomic mass is 35.5. The molecule has 0 spiro atoms. The number of carbonyl (C=O) groups is 1. The van der Waals surface area contributed by atoms with E-state index in [1.54, 1.807) is 36.4 Å². The Labute approximate surface area is 183 Å². The fraction of sp³-hybridized carbons (Fsp3) is 0.273. The summed E-state index contributed by atoms with van der Waals surface area (Å²) in [4.78, 5) is 14.5. The van der Waals surface area contributed by atoms with E-state index in [9.17, 15) is 15.2 Å². The van der Waals surface area contributed by atoms with Gasteiger partial charge in [0.1, 0.15) is 0 Å². The van der Waals surface area contributed by atoms with Crippen molar-refractivity contribution in [1.29, 1.82) is 5.26 Å². The van der Waals surface area contributed by atoms with Crippen LogP contribution in [0.5, 0.6) is 11.5 Å². The van der Waals surface area contributed by atoms with Crippen LogP contribution < -0.4 is 9.47 Å². The molecule has 0 unspecified atom stereocenters. The van der Waals surface area contributed by atoms with Crippen molar-refractivity contribution in [2.45, 2.75) is 18.1 Å². The number of fused-ring (bicyclic) bond motifs is 1. The number of amides is 1. The molecule has 2 atom stereocenters. The Kier molecular flexibility index (Phi) is 5.41. The molecule has 0 saturated carbocycles. The van der Waals surface area contributed by atoms with Crippen LogP contribution in [0.4, 0.5) is 0 Å². The van der Waals surface area contributed by atoms with Gasteiger partial charge in [-0.15, -0.1) is 11.8 Å². The van der Waals surface area contributed by atoms with Gasteiger partial charge in [0.05, 0.1) is 36.6 Å². The van der Waals surface area contributed by atoms with Crippen molar-refractivity contribution in [3.8, 4) is 17.6 Å². The van der Waals surface area contributed by atoms with Crippen LogP contribution in [0, 0.1) is 11.3 Å². The fourth-order valence-corrected chi connectivity index (χ4v) is 5.49. The van der Waals surface area contributed by atoms with Crippen molar-refractivity contribution in [2.75, 3.05) is 20.0 Å². The van der Waals surface area contributed by atoms with E-state index < -0.39 is 11.6 Å². The van der Waals surface area contributed by atoms with E-state index in [0.717, 1.165) is 5.56 Å². The molecule has 1 amide bonds. The minimum Gasteiger partial charge on any atom is -0.493 e. The third-order valence-corrected chi connectivity index (χ3v) is 6.87. The minimum atomic E-state index is -1.59. The zero-order valence-electron chi connectivity index (χ0n) is 16.4. The highest BCUT2D eigenvalue weighted by Gasteiger charge is 2.52. The normalized spacial score (nSPS) is 23.2. The lowest BCUT2D eigenvalue weighted by Gasteiger charge is -2.38. The van der Waals surface area contributed by atoms with Gasteiger partial charge in [-0.1, -0.05) is 29.8 Å². The molecule has 30 heavy (non-hydrogen) atoms. The van der Waals surface area contributed by atoms with E-state index in [0.29, 0.717) is 32.7 Å². The molecule has 1 N–H and O–H groups in total. The molecule has 2 aromatic rings. The van der Waals surface area contributed by atoms with Gasteiger partial charge in [0.15, 0.2) is 17.2 Å². The van der Waals surface area contributed by atoms with Gasteiger partial charge < -0.3 is 14.6 Å². The van der Waals surface area contributed by atoms with Gasteiger partial charge in [0, 0.05) is 22.9 Å². The average molecular weight is 443 g/mol. The van der Waals surface area contributed by atoms with Crippen molar-refractivity contribution in [3.63, 3.8) is 0 Å². The molecule has 2 aliphatic heterocycles. The van der Waals surface area contributed by atoms with Crippen LogP contribution in [-0.2, 0) is 10.5 Å². The van der Waals surface area contributed by atoms with Crippen molar-refractivity contribution in [3.05, 3.63) is 69.2 Å². The van der Waals surface area contributed by atoms with Crippen LogP contribution in [0.25, 0.3) is 0 Å². The van der Waals surface area contributed by atoms with Gasteiger partial charge in [0.25, 0.3) is 0 Å². The lowest BCUT2D eigenvalue weighted by molar-refractivity contribution is -0.149. The van der Waals surface area contributed by atoms with E-state index >= 15 is 0 Å². The smallest absolute Gasteiger partial charge is 0.231 e. The predicted octanol–water partition coefficient (Wildman–Crippen LogP) is 4.00. The number of benzene rings is 2. The van der Waals surface area contributed by atoms with E-state index in [4.69, 9.17) is 21.1 Å². The van der Waals surface area contributed by atoms with E-state index in [1.165, 1.54) is 30.9 Å². The molecule has 1 fully saturated rings. The molecule has 2 aliphatic rings. The molecule has 2 aromatic carbocycles. The first-order chi connectivity index (χ1) is 14.4. The number of nitrogens with zero attached hydrogens (tertiary/aromatic N) is 2. The minimum absolute atomic E-state index is 0.0723. The van der Waals surface area contributed by atoms with Crippen LogP contribution >= 0.6 is 23.4 Å². The first-order valence-corrected chi connectivity index (χ1v) is 10.6. The molecule has 4 rings (SSSR count). The molecule has 6 nitrogen and oxygen atoms in total. The summed E-state index contributed by atoms with van der Waals surface area (Å²) in [5.41, 5.74) is 0.173. The number of rotatable bonds is 4. The van der Waals surface area contributed by atoms with Crippen molar-refractivity contribution in [1.82, 2.24) is 4.90 Å². The largest absolute Gasteiger partial charge is 0.493 e. The zero-order valence-corrected chi connectivity index (χ0v) is 18.0. The third-order valence-electron chi connectivity index (χ3n) is 5.41. The lowest BCUT2D eigenvalue weighted by atomic mass is 9.85. The second-order valence-electron chi connectivity index (χ2n) is 7.05. The number of aliphatic hydroxyl groups is 1. The molecule has 154 valence electrons. The van der Waals surface area contributed by atoms with Crippen molar-refractivity contribution in [2.24, 2.45) is 0 Å². The molecule has 0 aliphatic carbocycles. The Morgan fingerprint density at radius 2 is 2.00 bits per heavy atom. The summed E-state index contributed by atoms with van der Waals surface area (Å²) in [5, 5.41) is 22.5. The number of methoxy groups -OCH3 is 2. The number of thioether (sulfide) groups is 1. The maximum Gasteiger partial charge on any atom is 0.231 e. The van der Waals surface area contributed by atoms with Crippen LogP contribution in [0.1, 0.15) is 23.5 Å². The summed E-state index contributed by atoms with van der Waals surface area (Å²) in [6.45, 7) is 0. The summed E-state index contributed by atoms with van der Waals surface area (Å²) >= 11 is 7.42. The van der Waals surface area contributed by atoms with Crippen LogP contribution in [-0.4, -0.2) is 35.9 Å². The Balaban J connectivity index is 1.80. The maximum atomic E-state index is 13.2. The Hall–Kier alpha value is -2.66. The van der Waals surface area contributed by atoms with Gasteiger partial charge in [-0.05, 0) is 29.8 Å². The summed E-state index contributed by atoms with van der Waals surface area (Å²) in [7, 11) is 3.04. The van der Waals surface area contributed by atoms with Gasteiger partial charge in [-0.25, -0.2) is 0 Å². The first-order valence-electron chi connectivity index (χ1n) is 9.23. The summed E-state index contributed by atoms with van der Waals surface area (Å²) in [6, 6.07) is 14.5. The quantitative estimate of drug-likeness (QED) is 0.770. The summed E-state index contributed by atoms with van der Waals surface area (Å²) in [6.07, 6.45) is 0.0723. The molecule has 0 bridgehead atoms. The highest BCUT2D eigenvalue weighted by Crippen LogP contribution is 2.52. The van der Waals surface area contributed by atoms with Crippen molar-refractivity contribution < 1.29 is 19.4 Å². The molecular formula is C22H19ClN2O4S. The van der Waals surface area contributed by atoms with Crippen molar-refractivity contribution >= 4 is 29.3 Å². The molecule has 2 heterocycles. The van der Waals surface area contributed by atoms with Crippen LogP contribution in [0.15, 0.2) is 53.1 Å². The number of allylic oxidation sites excluding steroid dienone is 1. The van der Waals surface area contributed by atoms with E-state index in [1.807, 2.05) is 6.07 Å². The molecule has 0 aromatic heterocycles. The zero-order chi connectivity index (χ0) is 21.5. The van der Waals surface area contributed by atoms with Crippen LogP contribution in [0.2, 0.25) is 5.02 Å². The number of hydrogen-bond donors (Lipinski definition) is 1. The van der Waals surface area contributed by atoms with E-state index in [-0.39, 0.29) is 18.1 Å². The fourth-order valence-electron chi connectivity index (χ4n) is 3.93. The number of ether oxygens (including phenoxy) is 2. The molecule has 0 radical (unpaired) electrons. The summed E-state index contributed by atoms with van der Waals surface area (Å²) < 4.78 is 10.6. The van der Waals surface area contributed by atoms with E-state index in [2.05, 4.69) is 6.07 Å². The topological polar surface area (TPSA) is 82.8 Å². The Morgan fingerprint density at radius 1 is 1.23 bits per heavy atom. The Bertz CT molecular complexity index is 1100. The SMILES string of the molecule is COc1ccc([C@]2(O)CSC3=C(C#N)[C@@H](c4cccc(Cl)c4)CC(=O)N32)cc1OC. The monoisotopic (exact) mass is 442 g/mol. The second-order valence-corrected chi connectivity index (χ2v) is 8.45. The Morgan fingerprint density at radius 3 is 2.67 bits per heavy atom. The average Bonchev–Trinajstić information content (AvgIpc) is 3.12.